The highest BCUT2D eigenvalue weighted by Gasteiger charge is 2.25. The van der Waals surface area contributed by atoms with Crippen LogP contribution in [0.4, 0.5) is 5.82 Å². The minimum Gasteiger partial charge on any atom is -0.497 e. The number of anilines is 1. The molecule has 0 aliphatic carbocycles. The first-order chi connectivity index (χ1) is 20.8. The van der Waals surface area contributed by atoms with E-state index in [1.54, 1.807) is 74.3 Å². The van der Waals surface area contributed by atoms with Crippen LogP contribution in [0.2, 0.25) is 0 Å². The summed E-state index contributed by atoms with van der Waals surface area (Å²) in [6.07, 6.45) is 2.50. The van der Waals surface area contributed by atoms with Crippen LogP contribution in [0.15, 0.2) is 83.9 Å². The highest BCUT2D eigenvalue weighted by atomic mass is 35.5. The highest BCUT2D eigenvalue weighted by Crippen LogP contribution is 2.30. The molecule has 0 saturated heterocycles. The fourth-order valence-electron chi connectivity index (χ4n) is 4.65. The van der Waals surface area contributed by atoms with Crippen LogP contribution in [-0.2, 0) is 16.1 Å². The van der Waals surface area contributed by atoms with Crippen LogP contribution in [0.3, 0.4) is 0 Å². The second kappa shape index (κ2) is 13.8. The van der Waals surface area contributed by atoms with Gasteiger partial charge in [0.15, 0.2) is 0 Å². The monoisotopic (exact) mass is 618 g/mol. The first-order valence-corrected chi connectivity index (χ1v) is 13.4. The van der Waals surface area contributed by atoms with E-state index in [0.717, 1.165) is 5.39 Å². The van der Waals surface area contributed by atoms with Crippen molar-refractivity contribution in [2.45, 2.75) is 26.5 Å². The molecule has 0 aliphatic heterocycles. The number of para-hydroxylation sites is 1. The molecule has 0 aliphatic rings. The Labute approximate surface area is 258 Å². The molecule has 3 N–H and O–H groups in total. The van der Waals surface area contributed by atoms with Gasteiger partial charge in [-0.25, -0.2) is 9.67 Å². The Bertz CT molecular complexity index is 1840. The summed E-state index contributed by atoms with van der Waals surface area (Å²) in [7, 11) is 1.59. The third-order valence-corrected chi connectivity index (χ3v) is 6.67. The van der Waals surface area contributed by atoms with Crippen molar-refractivity contribution < 1.29 is 23.8 Å². The fraction of sp³-hybridized carbons (Fsp3) is 0.194. The van der Waals surface area contributed by atoms with Gasteiger partial charge < -0.3 is 25.3 Å². The van der Waals surface area contributed by atoms with Crippen molar-refractivity contribution in [3.63, 3.8) is 0 Å². The minimum atomic E-state index is -0.632. The number of aromatic nitrogens is 4. The van der Waals surface area contributed by atoms with Crippen LogP contribution in [0, 0.1) is 6.92 Å². The lowest BCUT2D eigenvalue weighted by Gasteiger charge is -2.18. The second-order valence-corrected chi connectivity index (χ2v) is 9.63. The minimum absolute atomic E-state index is 0. The number of benzene rings is 2. The Morgan fingerprint density at radius 3 is 2.45 bits per heavy atom. The Balaban J connectivity index is 0.00000442. The summed E-state index contributed by atoms with van der Waals surface area (Å²) >= 11 is 0. The molecule has 5 rings (SSSR count). The first-order valence-electron chi connectivity index (χ1n) is 13.4. The topological polar surface area (TPSA) is 153 Å². The van der Waals surface area contributed by atoms with Gasteiger partial charge in [-0.1, -0.05) is 18.2 Å². The lowest BCUT2D eigenvalue weighted by atomic mass is 10.2. The number of hydrogen-bond donors (Lipinski definition) is 2. The number of hydrogen-bond acceptors (Lipinski definition) is 9. The van der Waals surface area contributed by atoms with Gasteiger partial charge in [0.05, 0.1) is 43.3 Å². The van der Waals surface area contributed by atoms with Crippen LogP contribution in [-0.4, -0.2) is 51.0 Å². The van der Waals surface area contributed by atoms with Crippen LogP contribution < -0.4 is 26.1 Å². The van der Waals surface area contributed by atoms with E-state index in [0.29, 0.717) is 34.1 Å². The zero-order valence-corrected chi connectivity index (χ0v) is 25.0. The van der Waals surface area contributed by atoms with Gasteiger partial charge in [0.2, 0.25) is 0 Å². The van der Waals surface area contributed by atoms with Crippen molar-refractivity contribution in [1.82, 2.24) is 19.3 Å². The van der Waals surface area contributed by atoms with E-state index in [2.05, 4.69) is 15.3 Å². The first kappa shape index (κ1) is 31.7. The Hall–Kier alpha value is -5.20. The van der Waals surface area contributed by atoms with Gasteiger partial charge in [0.1, 0.15) is 34.7 Å². The maximum atomic E-state index is 13.6. The number of fused-ring (bicyclic) bond motifs is 1. The smallest absolute Gasteiger partial charge is 0.320 e. The number of esters is 1. The van der Waals surface area contributed by atoms with Gasteiger partial charge in [-0.3, -0.25) is 24.0 Å². The number of nitrogens with two attached hydrogens (primary N) is 1. The van der Waals surface area contributed by atoms with Crippen LogP contribution >= 0.6 is 12.4 Å². The van der Waals surface area contributed by atoms with E-state index < -0.39 is 23.5 Å². The molecule has 0 spiro atoms. The molecule has 44 heavy (non-hydrogen) atoms. The number of rotatable bonds is 10. The van der Waals surface area contributed by atoms with E-state index in [9.17, 15) is 14.4 Å². The summed E-state index contributed by atoms with van der Waals surface area (Å²) in [4.78, 5) is 47.4. The Morgan fingerprint density at radius 2 is 1.77 bits per heavy atom. The van der Waals surface area contributed by atoms with Crippen LogP contribution in [0.5, 0.6) is 17.2 Å². The summed E-state index contributed by atoms with van der Waals surface area (Å²) < 4.78 is 19.6. The lowest BCUT2D eigenvalue weighted by Crippen LogP contribution is -2.30. The van der Waals surface area contributed by atoms with Crippen molar-refractivity contribution in [1.29, 1.82) is 0 Å². The SMILES string of the molecule is COc1ccc2c(Oc3ccc(NC(=O)c4c(C)n(C[C@@H](C)OC(=O)CN)n(-c5ccccc5)c4=O)nc3)ccnc2c1.Cl. The fourth-order valence-corrected chi connectivity index (χ4v) is 4.65. The van der Waals surface area contributed by atoms with Gasteiger partial charge in [-0.15, -0.1) is 12.4 Å². The molecule has 1 amide bonds. The lowest BCUT2D eigenvalue weighted by molar-refractivity contribution is -0.147. The summed E-state index contributed by atoms with van der Waals surface area (Å²) in [5.74, 6) is 0.730. The number of ether oxygens (including phenoxy) is 3. The molecule has 1 atom stereocenters. The molecule has 3 aromatic heterocycles. The van der Waals surface area contributed by atoms with Crippen molar-refractivity contribution in [2.75, 3.05) is 19.0 Å². The average molecular weight is 619 g/mol. The van der Waals surface area contributed by atoms with Gasteiger partial charge in [-0.2, -0.15) is 0 Å². The van der Waals surface area contributed by atoms with Gasteiger partial charge in [-0.05, 0) is 56.3 Å². The molecule has 5 aromatic rings. The van der Waals surface area contributed by atoms with E-state index in [4.69, 9.17) is 19.9 Å². The molecule has 0 fully saturated rings. The summed E-state index contributed by atoms with van der Waals surface area (Å²) in [5, 5.41) is 3.50. The predicted octanol–water partition coefficient (Wildman–Crippen LogP) is 4.26. The number of methoxy groups -OCH3 is 1. The Kier molecular flexibility index (Phi) is 9.99. The van der Waals surface area contributed by atoms with Gasteiger partial charge in [0.25, 0.3) is 11.5 Å². The predicted molar refractivity (Wildman–Crippen MR) is 167 cm³/mol. The number of nitrogens with zero attached hydrogens (tertiary/aromatic N) is 4. The maximum Gasteiger partial charge on any atom is 0.320 e. The summed E-state index contributed by atoms with van der Waals surface area (Å²) in [6.45, 7) is 3.20. The molecule has 3 heterocycles. The van der Waals surface area contributed by atoms with Crippen molar-refractivity contribution in [3.8, 4) is 22.9 Å². The molecule has 0 saturated carbocycles. The van der Waals surface area contributed by atoms with E-state index in [1.807, 2.05) is 24.3 Å². The zero-order chi connectivity index (χ0) is 30.5. The summed E-state index contributed by atoms with van der Waals surface area (Å²) in [5.41, 5.74) is 6.43. The molecule has 0 radical (unpaired) electrons. The molecular formula is C31H31ClN6O6. The Morgan fingerprint density at radius 1 is 1.02 bits per heavy atom. The third kappa shape index (κ3) is 6.72. The number of amides is 1. The summed E-state index contributed by atoms with van der Waals surface area (Å²) in [6, 6.07) is 19.4. The third-order valence-electron chi connectivity index (χ3n) is 6.67. The zero-order valence-electron chi connectivity index (χ0n) is 24.2. The number of carbonyl (C=O) groups is 2. The number of carbonyl (C=O) groups excluding carboxylic acids is 2. The van der Waals surface area contributed by atoms with Crippen molar-refractivity contribution in [2.24, 2.45) is 5.73 Å². The van der Waals surface area contributed by atoms with E-state index in [-0.39, 0.29) is 36.9 Å². The van der Waals surface area contributed by atoms with Crippen LogP contribution in [0.25, 0.3) is 16.6 Å². The molecule has 228 valence electrons. The molecule has 12 nitrogen and oxygen atoms in total. The van der Waals surface area contributed by atoms with Gasteiger partial charge in [0, 0.05) is 17.6 Å². The largest absolute Gasteiger partial charge is 0.497 e. The van der Waals surface area contributed by atoms with E-state index in [1.165, 1.54) is 10.9 Å². The van der Waals surface area contributed by atoms with Crippen LogP contribution in [0.1, 0.15) is 23.0 Å². The average Bonchev–Trinajstić information content (AvgIpc) is 3.26. The quantitative estimate of drug-likeness (QED) is 0.219. The number of pyridine rings is 2. The molecule has 0 bridgehead atoms. The standard InChI is InChI=1S/C31H30N6O6.ClH/c1-19(42-28(38)16-32)18-36-20(2)29(31(40)37(36)21-7-5-4-6-8-21)30(39)35-27-12-10-23(17-34-27)43-26-13-14-33-25-15-22(41-3)9-11-24(25)26;/h4-15,17,19H,16,18,32H2,1-3H3,(H,34,35,39);1H/t19-;/m1./s1. The molecular weight excluding hydrogens is 588 g/mol. The number of nitrogens with one attached hydrogen (secondary N) is 1. The second-order valence-electron chi connectivity index (χ2n) is 9.63. The maximum absolute atomic E-state index is 13.6. The number of halogens is 1. The molecule has 0 unspecified atom stereocenters. The van der Waals surface area contributed by atoms with E-state index >= 15 is 0 Å². The normalized spacial score (nSPS) is 11.4. The van der Waals surface area contributed by atoms with Crippen molar-refractivity contribution >= 4 is 41.0 Å². The molecule has 2 aromatic carbocycles. The van der Waals surface area contributed by atoms with Crippen molar-refractivity contribution in [3.05, 3.63) is 101 Å². The molecule has 13 heteroatoms. The highest BCUT2D eigenvalue weighted by molar-refractivity contribution is 6.04. The van der Waals surface area contributed by atoms with Gasteiger partial charge >= 0.3 is 5.97 Å².